The zero-order chi connectivity index (χ0) is 13.8. The molecule has 19 heavy (non-hydrogen) atoms. The third kappa shape index (κ3) is 2.94. The average molecular weight is 271 g/mol. The van der Waals surface area contributed by atoms with Crippen molar-refractivity contribution in [2.45, 2.75) is 19.5 Å². The Morgan fingerprint density at radius 3 is 2.58 bits per heavy atom. The molecule has 0 radical (unpaired) electrons. The Kier molecular flexibility index (Phi) is 4.19. The van der Waals surface area contributed by atoms with E-state index in [0.29, 0.717) is 13.1 Å². The molecular formula is C13H15F2NO3. The molecule has 4 nitrogen and oxygen atoms in total. The van der Waals surface area contributed by atoms with Crippen LogP contribution in [0.5, 0.6) is 11.5 Å². The van der Waals surface area contributed by atoms with Crippen molar-refractivity contribution in [3.05, 3.63) is 23.8 Å². The number of carbonyl (C=O) groups excluding carboxylic acids is 1. The van der Waals surface area contributed by atoms with Gasteiger partial charge in [0.05, 0.1) is 12.7 Å². The summed E-state index contributed by atoms with van der Waals surface area (Å²) in [7, 11) is 1.35. The molecule has 2 rings (SSSR count). The number of benzene rings is 1. The lowest BCUT2D eigenvalue weighted by atomic mass is 10.1. The maximum absolute atomic E-state index is 12.5. The van der Waals surface area contributed by atoms with Crippen molar-refractivity contribution in [1.82, 2.24) is 4.90 Å². The van der Waals surface area contributed by atoms with Gasteiger partial charge < -0.3 is 14.4 Å². The number of amides is 1. The third-order valence-electron chi connectivity index (χ3n) is 3.03. The van der Waals surface area contributed by atoms with Gasteiger partial charge in [0.15, 0.2) is 11.5 Å². The van der Waals surface area contributed by atoms with Gasteiger partial charge in [-0.1, -0.05) is 6.07 Å². The van der Waals surface area contributed by atoms with E-state index in [1.54, 1.807) is 11.0 Å². The van der Waals surface area contributed by atoms with Crippen LogP contribution in [0, 0.1) is 0 Å². The number of likely N-dealkylation sites (tertiary alicyclic amines) is 1. The van der Waals surface area contributed by atoms with Crippen LogP contribution in [0.3, 0.4) is 0 Å². The number of nitrogens with zero attached hydrogens (tertiary/aromatic N) is 1. The van der Waals surface area contributed by atoms with Crippen molar-refractivity contribution in [2.24, 2.45) is 0 Å². The standard InChI is InChI=1S/C13H15F2NO3/c1-18-10-6-4-5-9(11(10)19-13(14)15)12(17)16-7-2-3-8-16/h4-6,13H,2-3,7-8H2,1H3. The van der Waals surface area contributed by atoms with Gasteiger partial charge in [-0.15, -0.1) is 0 Å². The quantitative estimate of drug-likeness (QED) is 0.844. The van der Waals surface area contributed by atoms with E-state index in [1.807, 2.05) is 0 Å². The van der Waals surface area contributed by atoms with Gasteiger partial charge in [0.1, 0.15) is 0 Å². The summed E-state index contributed by atoms with van der Waals surface area (Å²) in [4.78, 5) is 13.9. The second kappa shape index (κ2) is 5.86. The normalized spacial score (nSPS) is 14.8. The number of alkyl halides is 2. The fraction of sp³-hybridized carbons (Fsp3) is 0.462. The molecule has 0 spiro atoms. The van der Waals surface area contributed by atoms with E-state index in [1.165, 1.54) is 19.2 Å². The van der Waals surface area contributed by atoms with Crippen molar-refractivity contribution >= 4 is 5.91 Å². The summed E-state index contributed by atoms with van der Waals surface area (Å²) in [6.07, 6.45) is 1.86. The average Bonchev–Trinajstić information content (AvgIpc) is 2.91. The van der Waals surface area contributed by atoms with E-state index in [-0.39, 0.29) is 23.0 Å². The van der Waals surface area contributed by atoms with Crippen molar-refractivity contribution in [1.29, 1.82) is 0 Å². The monoisotopic (exact) mass is 271 g/mol. The van der Waals surface area contributed by atoms with Crippen LogP contribution in [-0.4, -0.2) is 37.6 Å². The summed E-state index contributed by atoms with van der Waals surface area (Å²) in [5.41, 5.74) is 0.113. The van der Waals surface area contributed by atoms with Crippen LogP contribution in [0.1, 0.15) is 23.2 Å². The molecule has 0 N–H and O–H groups in total. The minimum absolute atomic E-state index is 0.113. The number of hydrogen-bond acceptors (Lipinski definition) is 3. The van der Waals surface area contributed by atoms with Crippen LogP contribution in [0.25, 0.3) is 0 Å². The van der Waals surface area contributed by atoms with E-state index >= 15 is 0 Å². The van der Waals surface area contributed by atoms with E-state index in [9.17, 15) is 13.6 Å². The third-order valence-corrected chi connectivity index (χ3v) is 3.03. The number of hydrogen-bond donors (Lipinski definition) is 0. The minimum atomic E-state index is -3.00. The van der Waals surface area contributed by atoms with Gasteiger partial charge in [-0.3, -0.25) is 4.79 Å². The van der Waals surface area contributed by atoms with Crippen LogP contribution in [0.2, 0.25) is 0 Å². The van der Waals surface area contributed by atoms with Crippen molar-refractivity contribution in [3.63, 3.8) is 0 Å². The zero-order valence-corrected chi connectivity index (χ0v) is 10.6. The molecule has 6 heteroatoms. The number of halogens is 2. The van der Waals surface area contributed by atoms with Gasteiger partial charge in [-0.05, 0) is 25.0 Å². The predicted octanol–water partition coefficient (Wildman–Crippen LogP) is 2.53. The Morgan fingerprint density at radius 2 is 2.00 bits per heavy atom. The first-order valence-electron chi connectivity index (χ1n) is 6.04. The zero-order valence-electron chi connectivity index (χ0n) is 10.6. The summed E-state index contributed by atoms with van der Waals surface area (Å²) in [6, 6.07) is 4.54. The molecule has 1 aliphatic rings. The summed E-state index contributed by atoms with van der Waals surface area (Å²) < 4.78 is 34.3. The molecular weight excluding hydrogens is 256 g/mol. The first-order chi connectivity index (χ1) is 9.13. The minimum Gasteiger partial charge on any atom is -0.493 e. The second-order valence-electron chi connectivity index (χ2n) is 4.21. The topological polar surface area (TPSA) is 38.8 Å². The Hall–Kier alpha value is -1.85. The Labute approximate surface area is 109 Å². The Bertz CT molecular complexity index is 459. The van der Waals surface area contributed by atoms with Crippen LogP contribution in [-0.2, 0) is 0 Å². The fourth-order valence-electron chi connectivity index (χ4n) is 2.15. The first kappa shape index (κ1) is 13.6. The fourth-order valence-corrected chi connectivity index (χ4v) is 2.15. The lowest BCUT2D eigenvalue weighted by Gasteiger charge is -2.19. The lowest BCUT2D eigenvalue weighted by Crippen LogP contribution is -2.28. The first-order valence-corrected chi connectivity index (χ1v) is 6.04. The van der Waals surface area contributed by atoms with Crippen molar-refractivity contribution in [3.8, 4) is 11.5 Å². The maximum atomic E-state index is 12.5. The maximum Gasteiger partial charge on any atom is 0.387 e. The van der Waals surface area contributed by atoms with Gasteiger partial charge in [-0.2, -0.15) is 8.78 Å². The predicted molar refractivity (Wildman–Crippen MR) is 64.8 cm³/mol. The molecule has 1 aromatic carbocycles. The summed E-state index contributed by atoms with van der Waals surface area (Å²) >= 11 is 0. The SMILES string of the molecule is COc1cccc(C(=O)N2CCCC2)c1OC(F)F. The van der Waals surface area contributed by atoms with Gasteiger partial charge >= 0.3 is 6.61 Å². The van der Waals surface area contributed by atoms with Gasteiger partial charge in [0, 0.05) is 13.1 Å². The Balaban J connectivity index is 2.34. The smallest absolute Gasteiger partial charge is 0.387 e. The molecule has 1 heterocycles. The highest BCUT2D eigenvalue weighted by atomic mass is 19.3. The van der Waals surface area contributed by atoms with Gasteiger partial charge in [-0.25, -0.2) is 0 Å². The van der Waals surface area contributed by atoms with Gasteiger partial charge in [0.2, 0.25) is 0 Å². The Morgan fingerprint density at radius 1 is 1.32 bits per heavy atom. The molecule has 0 saturated carbocycles. The molecule has 0 aromatic heterocycles. The molecule has 0 unspecified atom stereocenters. The molecule has 0 atom stereocenters. The van der Waals surface area contributed by atoms with Gasteiger partial charge in [0.25, 0.3) is 5.91 Å². The number of ether oxygens (including phenoxy) is 2. The highest BCUT2D eigenvalue weighted by molar-refractivity contribution is 5.98. The van der Waals surface area contributed by atoms with E-state index in [2.05, 4.69) is 4.74 Å². The molecule has 1 fully saturated rings. The summed E-state index contributed by atoms with van der Waals surface area (Å²) in [5, 5.41) is 0. The second-order valence-corrected chi connectivity index (χ2v) is 4.21. The van der Waals surface area contributed by atoms with E-state index < -0.39 is 6.61 Å². The van der Waals surface area contributed by atoms with Crippen LogP contribution < -0.4 is 9.47 Å². The van der Waals surface area contributed by atoms with E-state index in [4.69, 9.17) is 4.74 Å². The lowest BCUT2D eigenvalue weighted by molar-refractivity contribution is -0.0516. The number of para-hydroxylation sites is 1. The summed E-state index contributed by atoms with van der Waals surface area (Å²) in [5.74, 6) is -0.366. The summed E-state index contributed by atoms with van der Waals surface area (Å²) in [6.45, 7) is -1.71. The number of methoxy groups -OCH3 is 1. The molecule has 0 bridgehead atoms. The van der Waals surface area contributed by atoms with E-state index in [0.717, 1.165) is 12.8 Å². The molecule has 1 aromatic rings. The molecule has 0 aliphatic carbocycles. The molecule has 1 aliphatic heterocycles. The van der Waals surface area contributed by atoms with Crippen molar-refractivity contribution < 1.29 is 23.0 Å². The molecule has 1 amide bonds. The highest BCUT2D eigenvalue weighted by Crippen LogP contribution is 2.33. The molecule has 1 saturated heterocycles. The van der Waals surface area contributed by atoms with Crippen LogP contribution >= 0.6 is 0 Å². The molecule has 104 valence electrons. The highest BCUT2D eigenvalue weighted by Gasteiger charge is 2.25. The number of carbonyl (C=O) groups is 1. The van der Waals surface area contributed by atoms with Crippen molar-refractivity contribution in [2.75, 3.05) is 20.2 Å². The van der Waals surface area contributed by atoms with Crippen LogP contribution in [0.15, 0.2) is 18.2 Å². The largest absolute Gasteiger partial charge is 0.493 e. The number of rotatable bonds is 4. The van der Waals surface area contributed by atoms with Crippen LogP contribution in [0.4, 0.5) is 8.78 Å².